The number of nitrogens with zero attached hydrogens (tertiary/aromatic N) is 4. The molecule has 2 aromatic carbocycles. The van der Waals surface area contributed by atoms with Gasteiger partial charge in [0.05, 0.1) is 12.9 Å². The van der Waals surface area contributed by atoms with Crippen LogP contribution in [0.1, 0.15) is 11.1 Å². The summed E-state index contributed by atoms with van der Waals surface area (Å²) >= 11 is 1.98. The lowest BCUT2D eigenvalue weighted by Crippen LogP contribution is -2.42. The number of imidazole rings is 1. The largest absolute Gasteiger partial charge is 0.370 e. The van der Waals surface area contributed by atoms with Gasteiger partial charge in [-0.1, -0.05) is 48.5 Å². The minimum Gasteiger partial charge on any atom is -0.370 e. The van der Waals surface area contributed by atoms with Crippen molar-refractivity contribution in [1.82, 2.24) is 14.5 Å². The van der Waals surface area contributed by atoms with Crippen LogP contribution >= 0.6 is 11.8 Å². The maximum Gasteiger partial charge on any atom is 0.191 e. The van der Waals surface area contributed by atoms with Crippen LogP contribution in [0.4, 0.5) is 0 Å². The van der Waals surface area contributed by atoms with Crippen LogP contribution in [0, 0.1) is 0 Å². The Labute approximate surface area is 170 Å². The molecule has 144 valence electrons. The first-order valence-corrected chi connectivity index (χ1v) is 10.7. The fourth-order valence-electron chi connectivity index (χ4n) is 3.38. The number of benzene rings is 2. The number of aliphatic imine (C=N–C) groups is 1. The van der Waals surface area contributed by atoms with Gasteiger partial charge in [-0.25, -0.2) is 9.98 Å². The van der Waals surface area contributed by atoms with Gasteiger partial charge in [0.25, 0.3) is 0 Å². The smallest absolute Gasteiger partial charge is 0.191 e. The van der Waals surface area contributed by atoms with Crippen molar-refractivity contribution >= 4 is 17.7 Å². The van der Waals surface area contributed by atoms with Gasteiger partial charge < -0.3 is 15.2 Å². The van der Waals surface area contributed by atoms with E-state index in [9.17, 15) is 0 Å². The normalized spacial score (nSPS) is 15.0. The van der Waals surface area contributed by atoms with E-state index in [1.54, 1.807) is 6.20 Å². The third-order valence-corrected chi connectivity index (χ3v) is 5.90. The number of hydrogen-bond acceptors (Lipinski definition) is 3. The maximum atomic E-state index is 6.23. The van der Waals surface area contributed by atoms with E-state index in [0.29, 0.717) is 12.5 Å². The summed E-state index contributed by atoms with van der Waals surface area (Å²) in [5.41, 5.74) is 11.1. The predicted molar refractivity (Wildman–Crippen MR) is 117 cm³/mol. The average molecular weight is 392 g/mol. The molecule has 0 spiro atoms. The molecule has 0 aliphatic carbocycles. The molecule has 1 aliphatic heterocycles. The zero-order valence-corrected chi connectivity index (χ0v) is 16.7. The molecule has 1 saturated heterocycles. The molecule has 6 heteroatoms. The summed E-state index contributed by atoms with van der Waals surface area (Å²) in [7, 11) is 0. The van der Waals surface area contributed by atoms with E-state index in [1.807, 2.05) is 24.3 Å². The fourth-order valence-corrected chi connectivity index (χ4v) is 4.28. The highest BCUT2D eigenvalue weighted by atomic mass is 32.2. The van der Waals surface area contributed by atoms with Crippen molar-refractivity contribution in [3.05, 3.63) is 78.4 Å². The van der Waals surface area contributed by atoms with Crippen molar-refractivity contribution in [1.29, 1.82) is 0 Å². The zero-order valence-electron chi connectivity index (χ0n) is 15.9. The Bertz CT molecular complexity index is 912. The van der Waals surface area contributed by atoms with Crippen LogP contribution in [0.25, 0.3) is 11.1 Å². The van der Waals surface area contributed by atoms with Gasteiger partial charge >= 0.3 is 0 Å². The van der Waals surface area contributed by atoms with Crippen molar-refractivity contribution in [2.45, 2.75) is 13.1 Å². The van der Waals surface area contributed by atoms with Gasteiger partial charge in [0.1, 0.15) is 0 Å². The van der Waals surface area contributed by atoms with Crippen LogP contribution in [0.2, 0.25) is 0 Å². The van der Waals surface area contributed by atoms with Crippen LogP contribution in [-0.4, -0.2) is 45.0 Å². The number of guanidine groups is 1. The number of thioether (sulfide) groups is 1. The molecule has 0 unspecified atom stereocenters. The first-order chi connectivity index (χ1) is 13.8. The maximum absolute atomic E-state index is 6.23. The van der Waals surface area contributed by atoms with Crippen molar-refractivity contribution in [2.75, 3.05) is 24.6 Å². The Hall–Kier alpha value is -2.73. The topological polar surface area (TPSA) is 59.4 Å². The molecule has 28 heavy (non-hydrogen) atoms. The second-order valence-electron chi connectivity index (χ2n) is 6.86. The molecule has 0 atom stereocenters. The zero-order chi connectivity index (χ0) is 19.2. The number of aromatic nitrogens is 2. The Morgan fingerprint density at radius 3 is 2.61 bits per heavy atom. The van der Waals surface area contributed by atoms with Gasteiger partial charge in [0.2, 0.25) is 0 Å². The van der Waals surface area contributed by atoms with Crippen LogP contribution in [0.15, 0.2) is 72.2 Å². The van der Waals surface area contributed by atoms with Crippen molar-refractivity contribution in [3.8, 4) is 11.1 Å². The van der Waals surface area contributed by atoms with E-state index in [-0.39, 0.29) is 0 Å². The van der Waals surface area contributed by atoms with Crippen LogP contribution < -0.4 is 5.73 Å². The van der Waals surface area contributed by atoms with Crippen molar-refractivity contribution in [3.63, 3.8) is 0 Å². The van der Waals surface area contributed by atoms with Gasteiger partial charge in [-0.2, -0.15) is 11.8 Å². The molecule has 5 nitrogen and oxygen atoms in total. The van der Waals surface area contributed by atoms with Gasteiger partial charge in [-0.3, -0.25) is 0 Å². The molecule has 2 N–H and O–H groups in total. The number of nitrogens with two attached hydrogens (primary N) is 1. The summed E-state index contributed by atoms with van der Waals surface area (Å²) in [4.78, 5) is 11.0. The molecule has 0 radical (unpaired) electrons. The molecule has 2 heterocycles. The van der Waals surface area contributed by atoms with Crippen molar-refractivity contribution in [2.24, 2.45) is 10.7 Å². The van der Waals surface area contributed by atoms with Crippen molar-refractivity contribution < 1.29 is 0 Å². The fraction of sp³-hybridized carbons (Fsp3) is 0.273. The Morgan fingerprint density at radius 2 is 1.86 bits per heavy atom. The number of rotatable bonds is 5. The molecular formula is C22H25N5S. The second-order valence-corrected chi connectivity index (χ2v) is 8.09. The first-order valence-electron chi connectivity index (χ1n) is 9.55. The molecule has 0 bridgehead atoms. The highest BCUT2D eigenvalue weighted by Gasteiger charge is 2.12. The molecule has 1 aromatic heterocycles. The summed E-state index contributed by atoms with van der Waals surface area (Å²) in [6.07, 6.45) is 5.62. The van der Waals surface area contributed by atoms with Crippen LogP contribution in [-0.2, 0) is 13.1 Å². The Kier molecular flexibility index (Phi) is 5.97. The Morgan fingerprint density at radius 1 is 1.07 bits per heavy atom. The molecule has 1 aliphatic rings. The van der Waals surface area contributed by atoms with Gasteiger partial charge in [0, 0.05) is 43.5 Å². The van der Waals surface area contributed by atoms with Gasteiger partial charge in [-0.15, -0.1) is 0 Å². The van der Waals surface area contributed by atoms with E-state index >= 15 is 0 Å². The molecule has 0 saturated carbocycles. The second kappa shape index (κ2) is 8.97. The molecule has 3 aromatic rings. The summed E-state index contributed by atoms with van der Waals surface area (Å²) < 4.78 is 2.07. The number of hydrogen-bond donors (Lipinski definition) is 1. The lowest BCUT2D eigenvalue weighted by atomic mass is 9.98. The predicted octanol–water partition coefficient (Wildman–Crippen LogP) is 3.46. The Balaban J connectivity index is 1.49. The highest BCUT2D eigenvalue weighted by molar-refractivity contribution is 7.99. The van der Waals surface area contributed by atoms with Gasteiger partial charge in [-0.05, 0) is 22.3 Å². The molecule has 0 amide bonds. The lowest BCUT2D eigenvalue weighted by Gasteiger charge is -2.27. The first kappa shape index (κ1) is 18.6. The van der Waals surface area contributed by atoms with Gasteiger partial charge in [0.15, 0.2) is 5.96 Å². The summed E-state index contributed by atoms with van der Waals surface area (Å²) in [5.74, 6) is 2.90. The average Bonchev–Trinajstić information content (AvgIpc) is 3.26. The van der Waals surface area contributed by atoms with E-state index in [1.165, 1.54) is 22.3 Å². The standard InChI is InChI=1S/C22H25N5S/c23-22(27-11-13-28-14-12-27)25-15-20-3-1-2-4-21(20)19-7-5-18(6-8-19)16-26-10-9-24-17-26/h1-10,17H,11-16H2,(H2,23,25). The van der Waals surface area contributed by atoms with E-state index in [4.69, 9.17) is 5.73 Å². The minimum atomic E-state index is 0.600. The third-order valence-electron chi connectivity index (χ3n) is 4.95. The third kappa shape index (κ3) is 4.57. The highest BCUT2D eigenvalue weighted by Crippen LogP contribution is 2.25. The van der Waals surface area contributed by atoms with E-state index in [0.717, 1.165) is 31.1 Å². The van der Waals surface area contributed by atoms with Crippen LogP contribution in [0.5, 0.6) is 0 Å². The summed E-state index contributed by atoms with van der Waals surface area (Å²) in [6.45, 7) is 3.40. The van der Waals surface area contributed by atoms with Crippen LogP contribution in [0.3, 0.4) is 0 Å². The summed E-state index contributed by atoms with van der Waals surface area (Å²) in [6, 6.07) is 17.1. The minimum absolute atomic E-state index is 0.600. The molecule has 4 rings (SSSR count). The van der Waals surface area contributed by atoms with E-state index in [2.05, 4.69) is 68.0 Å². The van der Waals surface area contributed by atoms with E-state index < -0.39 is 0 Å². The lowest BCUT2D eigenvalue weighted by molar-refractivity contribution is 0.455. The molecule has 1 fully saturated rings. The quantitative estimate of drug-likeness (QED) is 0.534. The molecular weight excluding hydrogens is 366 g/mol. The monoisotopic (exact) mass is 391 g/mol. The SMILES string of the molecule is NC(=NCc1ccccc1-c1ccc(Cn2ccnc2)cc1)N1CCSCC1. The summed E-state index contributed by atoms with van der Waals surface area (Å²) in [5, 5.41) is 0.